The van der Waals surface area contributed by atoms with Gasteiger partial charge in [0, 0.05) is 5.56 Å². The Hall–Kier alpha value is -2.62. The Balaban J connectivity index is 1.88. The van der Waals surface area contributed by atoms with Crippen molar-refractivity contribution in [1.29, 1.82) is 0 Å². The number of anilines is 1. The lowest BCUT2D eigenvalue weighted by Gasteiger charge is -2.18. The van der Waals surface area contributed by atoms with E-state index in [2.05, 4.69) is 12.2 Å². The molecular weight excluding hydrogens is 374 g/mol. The number of nitrogens with one attached hydrogen (secondary N) is 1. The summed E-state index contributed by atoms with van der Waals surface area (Å²) < 4.78 is 5.77. The number of carbonyl (C=O) groups is 2. The predicted octanol–water partition coefficient (Wildman–Crippen LogP) is 7.02. The summed E-state index contributed by atoms with van der Waals surface area (Å²) in [5.74, 6) is -0.625. The van der Waals surface area contributed by atoms with Gasteiger partial charge in [-0.1, -0.05) is 82.7 Å². The molecule has 0 aromatic heterocycles. The second-order valence-electron chi connectivity index (χ2n) is 7.71. The molecule has 0 saturated heterocycles. The number of rotatable bonds is 13. The van der Waals surface area contributed by atoms with E-state index in [1.54, 1.807) is 36.4 Å². The predicted molar refractivity (Wildman–Crippen MR) is 123 cm³/mol. The van der Waals surface area contributed by atoms with Crippen LogP contribution in [0.2, 0.25) is 0 Å². The molecular formula is C26H35NO3. The average molecular weight is 410 g/mol. The molecule has 0 bridgehead atoms. The van der Waals surface area contributed by atoms with Crippen LogP contribution in [-0.4, -0.2) is 18.0 Å². The first-order valence-corrected chi connectivity index (χ1v) is 11.3. The minimum Gasteiger partial charge on any atom is -0.459 e. The van der Waals surface area contributed by atoms with Crippen LogP contribution in [0.3, 0.4) is 0 Å². The molecule has 1 atom stereocenters. The minimum atomic E-state index is -0.381. The zero-order chi connectivity index (χ0) is 21.6. The number of esters is 1. The van der Waals surface area contributed by atoms with E-state index in [-0.39, 0.29) is 18.0 Å². The lowest BCUT2D eigenvalue weighted by molar-refractivity contribution is 0.0268. The monoisotopic (exact) mass is 409 g/mol. The molecule has 2 aromatic carbocycles. The van der Waals surface area contributed by atoms with E-state index in [4.69, 9.17) is 4.74 Å². The third-order valence-corrected chi connectivity index (χ3v) is 5.29. The summed E-state index contributed by atoms with van der Waals surface area (Å²) >= 11 is 0. The third-order valence-electron chi connectivity index (χ3n) is 5.29. The van der Waals surface area contributed by atoms with Gasteiger partial charge in [-0.2, -0.15) is 0 Å². The zero-order valence-corrected chi connectivity index (χ0v) is 18.4. The van der Waals surface area contributed by atoms with Crippen LogP contribution in [0.25, 0.3) is 0 Å². The summed E-state index contributed by atoms with van der Waals surface area (Å²) in [7, 11) is 0. The molecule has 1 amide bonds. The highest BCUT2D eigenvalue weighted by molar-refractivity contribution is 6.08. The van der Waals surface area contributed by atoms with E-state index < -0.39 is 0 Å². The van der Waals surface area contributed by atoms with Gasteiger partial charge in [-0.05, 0) is 43.5 Å². The average Bonchev–Trinajstić information content (AvgIpc) is 2.78. The molecule has 30 heavy (non-hydrogen) atoms. The molecule has 0 aliphatic carbocycles. The summed E-state index contributed by atoms with van der Waals surface area (Å²) in [4.78, 5) is 25.3. The van der Waals surface area contributed by atoms with Gasteiger partial charge in [0.1, 0.15) is 6.10 Å². The number of para-hydroxylation sites is 1. The van der Waals surface area contributed by atoms with Crippen LogP contribution < -0.4 is 5.32 Å². The molecule has 0 spiro atoms. The molecule has 2 aromatic rings. The van der Waals surface area contributed by atoms with Crippen LogP contribution in [0.4, 0.5) is 5.69 Å². The Labute approximate surface area is 181 Å². The maximum Gasteiger partial charge on any atom is 0.340 e. The molecule has 0 heterocycles. The number of carbonyl (C=O) groups excluding carboxylic acids is 2. The van der Waals surface area contributed by atoms with E-state index >= 15 is 0 Å². The first-order valence-electron chi connectivity index (χ1n) is 11.3. The van der Waals surface area contributed by atoms with Crippen LogP contribution in [-0.2, 0) is 4.74 Å². The van der Waals surface area contributed by atoms with Gasteiger partial charge in [0.05, 0.1) is 11.3 Å². The largest absolute Gasteiger partial charge is 0.459 e. The first kappa shape index (κ1) is 23.7. The lowest BCUT2D eigenvalue weighted by atomic mass is 10.0. The third kappa shape index (κ3) is 8.02. The highest BCUT2D eigenvalue weighted by Crippen LogP contribution is 2.20. The van der Waals surface area contributed by atoms with Crippen LogP contribution in [0.5, 0.6) is 0 Å². The summed E-state index contributed by atoms with van der Waals surface area (Å²) in [6.45, 7) is 4.27. The molecule has 0 aliphatic rings. The van der Waals surface area contributed by atoms with Crippen molar-refractivity contribution in [2.75, 3.05) is 5.32 Å². The van der Waals surface area contributed by atoms with Crippen molar-refractivity contribution >= 4 is 17.6 Å². The number of ether oxygens (including phenoxy) is 1. The quantitative estimate of drug-likeness (QED) is 0.286. The summed E-state index contributed by atoms with van der Waals surface area (Å²) in [5.41, 5.74) is 1.41. The Kier molecular flexibility index (Phi) is 10.7. The molecule has 0 aliphatic heterocycles. The zero-order valence-electron chi connectivity index (χ0n) is 18.4. The molecule has 0 saturated carbocycles. The highest BCUT2D eigenvalue weighted by Gasteiger charge is 2.18. The fourth-order valence-electron chi connectivity index (χ4n) is 3.44. The number of unbranched alkanes of at least 4 members (excludes halogenated alkanes) is 6. The van der Waals surface area contributed by atoms with Crippen LogP contribution in [0, 0.1) is 0 Å². The second kappa shape index (κ2) is 13.6. The molecule has 1 N–H and O–H groups in total. The Morgan fingerprint density at radius 1 is 0.833 bits per heavy atom. The van der Waals surface area contributed by atoms with Gasteiger partial charge < -0.3 is 10.1 Å². The van der Waals surface area contributed by atoms with E-state index in [1.807, 2.05) is 25.1 Å². The van der Waals surface area contributed by atoms with Crippen molar-refractivity contribution in [2.24, 2.45) is 0 Å². The van der Waals surface area contributed by atoms with Crippen molar-refractivity contribution in [3.8, 4) is 0 Å². The Morgan fingerprint density at radius 3 is 2.17 bits per heavy atom. The van der Waals surface area contributed by atoms with Gasteiger partial charge in [0.15, 0.2) is 0 Å². The molecule has 4 nitrogen and oxygen atoms in total. The fraction of sp³-hybridized carbons (Fsp3) is 0.462. The summed E-state index contributed by atoms with van der Waals surface area (Å²) in [6, 6.07) is 16.0. The maximum atomic E-state index is 12.8. The van der Waals surface area contributed by atoms with Gasteiger partial charge in [-0.15, -0.1) is 0 Å². The Bertz CT molecular complexity index is 773. The first-order chi connectivity index (χ1) is 14.7. The van der Waals surface area contributed by atoms with Crippen molar-refractivity contribution in [3.63, 3.8) is 0 Å². The molecule has 162 valence electrons. The second-order valence-corrected chi connectivity index (χ2v) is 7.71. The lowest BCUT2D eigenvalue weighted by Crippen LogP contribution is -2.20. The molecule has 0 unspecified atom stereocenters. The van der Waals surface area contributed by atoms with E-state index in [0.717, 1.165) is 19.3 Å². The topological polar surface area (TPSA) is 55.4 Å². The fourth-order valence-corrected chi connectivity index (χ4v) is 3.44. The molecule has 0 radical (unpaired) electrons. The van der Waals surface area contributed by atoms with Gasteiger partial charge in [0.25, 0.3) is 5.91 Å². The van der Waals surface area contributed by atoms with Crippen molar-refractivity contribution in [3.05, 3.63) is 65.7 Å². The van der Waals surface area contributed by atoms with Crippen LogP contribution >= 0.6 is 0 Å². The SMILES string of the molecule is CCCCCCCCC[C@H](CC)OC(=O)c1ccccc1NC(=O)c1ccccc1. The number of amides is 1. The van der Waals surface area contributed by atoms with Crippen molar-refractivity contribution in [1.82, 2.24) is 0 Å². The van der Waals surface area contributed by atoms with Crippen LogP contribution in [0.15, 0.2) is 54.6 Å². The smallest absolute Gasteiger partial charge is 0.340 e. The summed E-state index contributed by atoms with van der Waals surface area (Å²) in [6.07, 6.45) is 10.3. The normalized spacial score (nSPS) is 11.7. The van der Waals surface area contributed by atoms with E-state index in [9.17, 15) is 9.59 Å². The van der Waals surface area contributed by atoms with Gasteiger partial charge in [0.2, 0.25) is 0 Å². The van der Waals surface area contributed by atoms with Crippen molar-refractivity contribution in [2.45, 2.75) is 77.7 Å². The number of hydrogen-bond donors (Lipinski definition) is 1. The van der Waals surface area contributed by atoms with E-state index in [0.29, 0.717) is 16.8 Å². The standard InChI is InChI=1S/C26H35NO3/c1-3-5-6-7-8-9-13-18-22(4-2)30-26(29)23-19-14-15-20-24(23)27-25(28)21-16-11-10-12-17-21/h10-12,14-17,19-20,22H,3-9,13,18H2,1-2H3,(H,27,28)/t22-/m0/s1. The van der Waals surface area contributed by atoms with Crippen molar-refractivity contribution < 1.29 is 14.3 Å². The number of benzene rings is 2. The molecule has 2 rings (SSSR count). The van der Waals surface area contributed by atoms with Crippen LogP contribution in [0.1, 0.15) is 92.4 Å². The molecule has 4 heteroatoms. The van der Waals surface area contributed by atoms with Gasteiger partial charge in [-0.25, -0.2) is 4.79 Å². The highest BCUT2D eigenvalue weighted by atomic mass is 16.5. The van der Waals surface area contributed by atoms with E-state index in [1.165, 1.54) is 38.5 Å². The Morgan fingerprint density at radius 2 is 1.47 bits per heavy atom. The van der Waals surface area contributed by atoms with Gasteiger partial charge in [-0.3, -0.25) is 4.79 Å². The maximum absolute atomic E-state index is 12.8. The number of hydrogen-bond acceptors (Lipinski definition) is 3. The summed E-state index contributed by atoms with van der Waals surface area (Å²) in [5, 5.41) is 2.84. The van der Waals surface area contributed by atoms with Gasteiger partial charge >= 0.3 is 5.97 Å². The molecule has 0 fully saturated rings. The minimum absolute atomic E-state index is 0.0916.